The third kappa shape index (κ3) is 6.18. The van der Waals surface area contributed by atoms with Crippen LogP contribution >= 0.6 is 11.6 Å². The van der Waals surface area contributed by atoms with Crippen molar-refractivity contribution in [3.8, 4) is 5.75 Å². The molecule has 13 nitrogen and oxygen atoms in total. The molecule has 268 valence electrons. The van der Waals surface area contributed by atoms with Gasteiger partial charge in [0.25, 0.3) is 11.8 Å². The van der Waals surface area contributed by atoms with Gasteiger partial charge in [-0.1, -0.05) is 35.9 Å². The number of allylic oxidation sites excluding steroid dienone is 2. The van der Waals surface area contributed by atoms with Gasteiger partial charge in [-0.25, -0.2) is 9.59 Å². The number of ether oxygens (including phenoxy) is 5. The zero-order chi connectivity index (χ0) is 36.1. The van der Waals surface area contributed by atoms with Crippen LogP contribution in [0.2, 0.25) is 5.02 Å². The molecule has 3 aromatic rings. The third-order valence-electron chi connectivity index (χ3n) is 10.1. The van der Waals surface area contributed by atoms with E-state index in [4.69, 9.17) is 35.3 Å². The number of aromatic nitrogens is 1. The fourth-order valence-electron chi connectivity index (χ4n) is 7.41. The van der Waals surface area contributed by atoms with Crippen molar-refractivity contribution in [1.29, 1.82) is 0 Å². The van der Waals surface area contributed by atoms with E-state index in [9.17, 15) is 24.3 Å². The molecular weight excluding hydrogens is 682 g/mol. The van der Waals surface area contributed by atoms with Gasteiger partial charge in [-0.15, -0.1) is 0 Å². The minimum atomic E-state index is -1.75. The van der Waals surface area contributed by atoms with E-state index in [0.29, 0.717) is 33.4 Å². The number of hydrogen-bond donors (Lipinski definition) is 1. The van der Waals surface area contributed by atoms with Gasteiger partial charge < -0.3 is 43.2 Å². The summed E-state index contributed by atoms with van der Waals surface area (Å²) in [4.78, 5) is 55.4. The molecule has 14 heteroatoms. The maximum absolute atomic E-state index is 14.4. The molecule has 2 fully saturated rings. The molecule has 3 aliphatic heterocycles. The first-order valence-corrected chi connectivity index (χ1v) is 17.1. The molecule has 0 bridgehead atoms. The lowest BCUT2D eigenvalue weighted by molar-refractivity contribution is -0.144. The second-order valence-electron chi connectivity index (χ2n) is 13.5. The van der Waals surface area contributed by atoms with Gasteiger partial charge in [-0.05, 0) is 79.6 Å². The summed E-state index contributed by atoms with van der Waals surface area (Å²) in [6, 6.07) is 14.5. The summed E-state index contributed by atoms with van der Waals surface area (Å²) >= 11 is 6.81. The minimum Gasteiger partial charge on any atom is -0.496 e. The molecule has 7 rings (SSSR count). The number of anilines is 1. The van der Waals surface area contributed by atoms with Crippen LogP contribution in [0.25, 0.3) is 5.57 Å². The van der Waals surface area contributed by atoms with E-state index < -0.39 is 35.5 Å². The number of likely N-dealkylation sites (N-methyl/N-ethyl adjacent to an activating group) is 1. The average molecular weight is 720 g/mol. The Morgan fingerprint density at radius 2 is 1.80 bits per heavy atom. The third-order valence-corrected chi connectivity index (χ3v) is 10.4. The Morgan fingerprint density at radius 3 is 2.49 bits per heavy atom. The molecule has 51 heavy (non-hydrogen) atoms. The van der Waals surface area contributed by atoms with Crippen LogP contribution in [-0.4, -0.2) is 89.9 Å². The van der Waals surface area contributed by atoms with E-state index in [2.05, 4.69) is 6.08 Å². The number of nitrogens with zero attached hydrogens (tertiary/aromatic N) is 3. The lowest BCUT2D eigenvalue weighted by atomic mass is 9.85. The Balaban J connectivity index is 1.18. The number of cyclic esters (lactones) is 4. The Bertz CT molecular complexity index is 1960. The van der Waals surface area contributed by atoms with E-state index in [0.717, 1.165) is 42.4 Å². The number of hydrogen-bond acceptors (Lipinski definition) is 10. The lowest BCUT2D eigenvalue weighted by Crippen LogP contribution is -2.62. The van der Waals surface area contributed by atoms with Gasteiger partial charge in [0.2, 0.25) is 0 Å². The molecule has 0 radical (unpaired) electrons. The lowest BCUT2D eigenvalue weighted by Gasteiger charge is -2.39. The number of para-hydroxylation sites is 1. The predicted molar refractivity (Wildman–Crippen MR) is 184 cm³/mol. The predicted octanol–water partition coefficient (Wildman–Crippen LogP) is 5.58. The standard InChI is InChI=1S/C37H38ClN3O10/c1-36(20-48-34(45)50-36)33(44)37(21-49-35(46)51-37)19-39(2)32(43)29-14-13-24-18-41(28-12-8-7-11-23(28)17-40(24)29)31(42)26-15-27(38)25(16-30(26)47-3)22-9-5-4-6-10-22/h7-9,11-16,33,44H,4-6,10,17-21H2,1-3H3/t33?,36-,37+/m1/s1. The topological polar surface area (TPSA) is 146 Å². The Kier molecular flexibility index (Phi) is 8.96. The van der Waals surface area contributed by atoms with Crippen molar-refractivity contribution in [2.24, 2.45) is 0 Å². The average Bonchev–Trinajstić information content (AvgIpc) is 3.79. The maximum atomic E-state index is 14.4. The van der Waals surface area contributed by atoms with Crippen molar-refractivity contribution >= 4 is 47.0 Å². The summed E-state index contributed by atoms with van der Waals surface area (Å²) in [5, 5.41) is 11.9. The van der Waals surface area contributed by atoms with Crippen LogP contribution in [0, 0.1) is 0 Å². The first-order valence-electron chi connectivity index (χ1n) is 16.7. The number of carbonyl (C=O) groups is 4. The fourth-order valence-corrected chi connectivity index (χ4v) is 7.69. The van der Waals surface area contributed by atoms with Crippen LogP contribution < -0.4 is 9.64 Å². The second kappa shape index (κ2) is 13.3. The maximum Gasteiger partial charge on any atom is 0.509 e. The molecule has 3 atom stereocenters. The van der Waals surface area contributed by atoms with E-state index >= 15 is 0 Å². The van der Waals surface area contributed by atoms with Crippen LogP contribution in [0.4, 0.5) is 15.3 Å². The summed E-state index contributed by atoms with van der Waals surface area (Å²) in [7, 11) is 3.04. The number of methoxy groups -OCH3 is 1. The van der Waals surface area contributed by atoms with Crippen LogP contribution in [0.1, 0.15) is 70.3 Å². The number of carbonyl (C=O) groups excluding carboxylic acids is 4. The second-order valence-corrected chi connectivity index (χ2v) is 14.0. The molecule has 2 saturated heterocycles. The minimum absolute atomic E-state index is 0.137. The largest absolute Gasteiger partial charge is 0.509 e. The van der Waals surface area contributed by atoms with Crippen LogP contribution in [-0.2, 0) is 32.0 Å². The highest BCUT2D eigenvalue weighted by Crippen LogP contribution is 2.39. The Labute approximate surface area is 299 Å². The molecule has 4 aliphatic rings. The van der Waals surface area contributed by atoms with Crippen molar-refractivity contribution < 1.29 is 48.0 Å². The smallest absolute Gasteiger partial charge is 0.496 e. The van der Waals surface area contributed by atoms with Crippen LogP contribution in [0.3, 0.4) is 0 Å². The molecule has 2 aromatic carbocycles. The van der Waals surface area contributed by atoms with Crippen molar-refractivity contribution in [3.63, 3.8) is 0 Å². The molecule has 4 heterocycles. The Morgan fingerprint density at radius 1 is 1.04 bits per heavy atom. The van der Waals surface area contributed by atoms with Gasteiger partial charge in [0.1, 0.15) is 30.8 Å². The zero-order valence-electron chi connectivity index (χ0n) is 28.5. The van der Waals surface area contributed by atoms with Gasteiger partial charge in [-0.2, -0.15) is 0 Å². The highest BCUT2D eigenvalue weighted by atomic mass is 35.5. The van der Waals surface area contributed by atoms with Crippen molar-refractivity contribution in [3.05, 3.63) is 87.7 Å². The highest BCUT2D eigenvalue weighted by Gasteiger charge is 2.60. The van der Waals surface area contributed by atoms with Crippen LogP contribution in [0.15, 0.2) is 54.6 Å². The van der Waals surface area contributed by atoms with Crippen LogP contribution in [0.5, 0.6) is 5.75 Å². The summed E-state index contributed by atoms with van der Waals surface area (Å²) in [6.45, 7) is 0.895. The normalized spacial score (nSPS) is 23.1. The van der Waals surface area contributed by atoms with E-state index in [1.165, 1.54) is 26.0 Å². The molecule has 0 spiro atoms. The van der Waals surface area contributed by atoms with E-state index in [1.807, 2.05) is 34.9 Å². The molecule has 1 unspecified atom stereocenters. The van der Waals surface area contributed by atoms with Gasteiger partial charge in [-0.3, -0.25) is 9.59 Å². The Hall–Kier alpha value is -5.01. The first kappa shape index (κ1) is 34.4. The van der Waals surface area contributed by atoms with E-state index in [-0.39, 0.29) is 38.8 Å². The summed E-state index contributed by atoms with van der Waals surface area (Å²) in [5.41, 5.74) is 1.49. The molecule has 1 aliphatic carbocycles. The number of amides is 2. The number of halogens is 1. The van der Waals surface area contributed by atoms with Gasteiger partial charge >= 0.3 is 12.3 Å². The summed E-state index contributed by atoms with van der Waals surface area (Å²) in [6.07, 6.45) is 2.71. The monoisotopic (exact) mass is 719 g/mol. The number of aliphatic hydroxyl groups excluding tert-OH is 1. The van der Waals surface area contributed by atoms with E-state index in [1.54, 1.807) is 23.1 Å². The first-order chi connectivity index (χ1) is 24.4. The summed E-state index contributed by atoms with van der Waals surface area (Å²) in [5.74, 6) is -0.339. The molecule has 1 N–H and O–H groups in total. The molecular formula is C37H38ClN3O10. The van der Waals surface area contributed by atoms with Gasteiger partial charge in [0.15, 0.2) is 11.2 Å². The highest BCUT2D eigenvalue weighted by molar-refractivity contribution is 6.33. The molecule has 2 amide bonds. The SMILES string of the molecule is COc1cc(C2=CCCCC2)c(Cl)cc1C(=O)N1Cc2ccc(C(=O)N(C)C[C@@]3(C(O)[C@@]4(C)COC(=O)O4)COC(=O)O3)n2Cc2ccccc21. The number of fused-ring (bicyclic) bond motifs is 2. The van der Waals surface area contributed by atoms with Crippen molar-refractivity contribution in [1.82, 2.24) is 9.47 Å². The fraction of sp³-hybridized carbons (Fsp3) is 0.405. The van der Waals surface area contributed by atoms with Crippen molar-refractivity contribution in [2.75, 3.05) is 38.8 Å². The molecule has 1 aromatic heterocycles. The van der Waals surface area contributed by atoms with Gasteiger partial charge in [0, 0.05) is 23.5 Å². The molecule has 0 saturated carbocycles. The van der Waals surface area contributed by atoms with Crippen molar-refractivity contribution in [2.45, 2.75) is 63.0 Å². The number of rotatable bonds is 8. The number of benzene rings is 2. The van der Waals surface area contributed by atoms with Gasteiger partial charge in [0.05, 0.1) is 32.3 Å². The quantitative estimate of drug-likeness (QED) is 0.293. The summed E-state index contributed by atoms with van der Waals surface area (Å²) < 4.78 is 28.2. The number of aliphatic hydroxyl groups is 1. The zero-order valence-corrected chi connectivity index (χ0v) is 29.2.